The van der Waals surface area contributed by atoms with E-state index in [0.717, 1.165) is 34.9 Å². The second-order valence-corrected chi connectivity index (χ2v) is 5.43. The Hall–Kier alpha value is -0.820. The summed E-state index contributed by atoms with van der Waals surface area (Å²) in [7, 11) is 1.43. The number of hydrogen-bond donors (Lipinski definition) is 1. The first kappa shape index (κ1) is 16.2. The highest BCUT2D eigenvalue weighted by molar-refractivity contribution is 7.15. The summed E-state index contributed by atoms with van der Waals surface area (Å²) in [6.07, 6.45) is -2.44. The van der Waals surface area contributed by atoms with Crippen molar-refractivity contribution in [2.45, 2.75) is 39.4 Å². The Morgan fingerprint density at radius 2 is 2.00 bits per heavy atom. The molecule has 0 unspecified atom stereocenters. The summed E-state index contributed by atoms with van der Waals surface area (Å²) in [6.45, 7) is 4.64. The molecule has 1 rings (SSSR count). The zero-order valence-electron chi connectivity index (χ0n) is 11.5. The molecule has 3 nitrogen and oxygen atoms in total. The summed E-state index contributed by atoms with van der Waals surface area (Å²) in [5, 5.41) is 3.69. The number of anilines is 1. The van der Waals surface area contributed by atoms with Gasteiger partial charge in [-0.25, -0.2) is 4.98 Å². The molecule has 0 amide bonds. The van der Waals surface area contributed by atoms with Gasteiger partial charge in [-0.3, -0.25) is 0 Å². The second-order valence-electron chi connectivity index (χ2n) is 4.37. The van der Waals surface area contributed by atoms with E-state index in [2.05, 4.69) is 17.2 Å². The molecule has 0 bridgehead atoms. The van der Waals surface area contributed by atoms with Crippen LogP contribution >= 0.6 is 11.3 Å². The normalized spacial score (nSPS) is 11.9. The van der Waals surface area contributed by atoms with E-state index in [1.807, 2.05) is 6.92 Å². The maximum absolute atomic E-state index is 12.4. The molecule has 0 saturated heterocycles. The lowest BCUT2D eigenvalue weighted by Crippen LogP contribution is -2.30. The molecule has 7 heteroatoms. The predicted molar refractivity (Wildman–Crippen MR) is 72.8 cm³/mol. The van der Waals surface area contributed by atoms with Crippen LogP contribution in [0.4, 0.5) is 18.3 Å². The van der Waals surface area contributed by atoms with Gasteiger partial charge in [0.1, 0.15) is 6.54 Å². The molecule has 1 aromatic heterocycles. The van der Waals surface area contributed by atoms with Gasteiger partial charge < -0.3 is 10.2 Å². The Bertz CT molecular complexity index is 390. The largest absolute Gasteiger partial charge is 0.405 e. The van der Waals surface area contributed by atoms with Gasteiger partial charge >= 0.3 is 6.18 Å². The van der Waals surface area contributed by atoms with Crippen LogP contribution in [-0.2, 0) is 13.0 Å². The minimum atomic E-state index is -4.20. The second kappa shape index (κ2) is 7.09. The van der Waals surface area contributed by atoms with Gasteiger partial charge in [0.25, 0.3) is 0 Å². The topological polar surface area (TPSA) is 28.2 Å². The molecular formula is C12H20F3N3S. The van der Waals surface area contributed by atoms with Gasteiger partial charge in [-0.15, -0.1) is 11.3 Å². The first-order valence-electron chi connectivity index (χ1n) is 6.34. The molecule has 0 radical (unpaired) electrons. The zero-order valence-corrected chi connectivity index (χ0v) is 12.3. The Morgan fingerprint density at radius 1 is 1.32 bits per heavy atom. The number of nitrogens with one attached hydrogen (secondary N) is 1. The summed E-state index contributed by atoms with van der Waals surface area (Å²) in [6, 6.07) is 0. The number of aromatic nitrogens is 1. The molecule has 0 aliphatic rings. The number of thiazole rings is 1. The van der Waals surface area contributed by atoms with E-state index in [-0.39, 0.29) is 0 Å². The molecule has 1 N–H and O–H groups in total. The summed E-state index contributed by atoms with van der Waals surface area (Å²) in [5.74, 6) is 0. The first-order chi connectivity index (χ1) is 8.87. The molecule has 0 aliphatic carbocycles. The standard InChI is InChI=1S/C12H20F3N3S/c1-4-6-16-7-10-9(5-2)17-11(19-10)18(3)8-12(13,14)15/h16H,4-8H2,1-3H3. The van der Waals surface area contributed by atoms with Gasteiger partial charge in [0.15, 0.2) is 5.13 Å². The molecule has 0 atom stereocenters. The third-order valence-electron chi connectivity index (χ3n) is 2.56. The fraction of sp³-hybridized carbons (Fsp3) is 0.750. The molecule has 0 spiro atoms. The van der Waals surface area contributed by atoms with Gasteiger partial charge in [-0.2, -0.15) is 13.2 Å². The van der Waals surface area contributed by atoms with Crippen LogP contribution in [0.15, 0.2) is 0 Å². The molecule has 0 aromatic carbocycles. The van der Waals surface area contributed by atoms with E-state index in [4.69, 9.17) is 0 Å². The molecule has 0 fully saturated rings. The smallest absolute Gasteiger partial charge is 0.342 e. The summed E-state index contributed by atoms with van der Waals surface area (Å²) in [4.78, 5) is 6.48. The van der Waals surface area contributed by atoms with Crippen molar-refractivity contribution in [2.24, 2.45) is 0 Å². The average molecular weight is 295 g/mol. The lowest BCUT2D eigenvalue weighted by Gasteiger charge is -2.17. The summed E-state index contributed by atoms with van der Waals surface area (Å²) >= 11 is 1.34. The molecule has 1 aromatic rings. The van der Waals surface area contributed by atoms with Gasteiger partial charge in [0.2, 0.25) is 0 Å². The van der Waals surface area contributed by atoms with Crippen LogP contribution in [0.2, 0.25) is 0 Å². The van der Waals surface area contributed by atoms with Crippen LogP contribution in [0.3, 0.4) is 0 Å². The number of alkyl halides is 3. The number of hydrogen-bond acceptors (Lipinski definition) is 4. The van der Waals surface area contributed by atoms with E-state index in [9.17, 15) is 13.2 Å². The van der Waals surface area contributed by atoms with Crippen LogP contribution in [0, 0.1) is 0 Å². The maximum Gasteiger partial charge on any atom is 0.405 e. The lowest BCUT2D eigenvalue weighted by molar-refractivity contribution is -0.119. The van der Waals surface area contributed by atoms with E-state index in [0.29, 0.717) is 11.7 Å². The Balaban J connectivity index is 2.74. The van der Waals surface area contributed by atoms with E-state index in [1.54, 1.807) is 0 Å². The van der Waals surface area contributed by atoms with Crippen molar-refractivity contribution in [1.29, 1.82) is 0 Å². The number of halogens is 3. The molecule has 110 valence electrons. The van der Waals surface area contributed by atoms with Crippen molar-refractivity contribution in [2.75, 3.05) is 25.0 Å². The highest BCUT2D eigenvalue weighted by atomic mass is 32.1. The van der Waals surface area contributed by atoms with E-state index >= 15 is 0 Å². The fourth-order valence-corrected chi connectivity index (χ4v) is 2.74. The minimum Gasteiger partial charge on any atom is -0.342 e. The number of rotatable bonds is 7. The van der Waals surface area contributed by atoms with Crippen molar-refractivity contribution >= 4 is 16.5 Å². The predicted octanol–water partition coefficient (Wildman–Crippen LogP) is 3.20. The van der Waals surface area contributed by atoms with Crippen LogP contribution in [0.5, 0.6) is 0 Å². The van der Waals surface area contributed by atoms with Crippen molar-refractivity contribution in [3.63, 3.8) is 0 Å². The minimum absolute atomic E-state index is 0.433. The lowest BCUT2D eigenvalue weighted by atomic mass is 10.3. The van der Waals surface area contributed by atoms with Gasteiger partial charge in [-0.1, -0.05) is 13.8 Å². The van der Waals surface area contributed by atoms with E-state index < -0.39 is 12.7 Å². The summed E-state index contributed by atoms with van der Waals surface area (Å²) < 4.78 is 37.1. The van der Waals surface area contributed by atoms with Gasteiger partial charge in [0, 0.05) is 18.5 Å². The van der Waals surface area contributed by atoms with Gasteiger partial charge in [-0.05, 0) is 19.4 Å². The Labute approximate surface area is 115 Å². The fourth-order valence-electron chi connectivity index (χ4n) is 1.66. The van der Waals surface area contributed by atoms with Crippen molar-refractivity contribution in [3.8, 4) is 0 Å². The van der Waals surface area contributed by atoms with Crippen molar-refractivity contribution in [3.05, 3.63) is 10.6 Å². The highest BCUT2D eigenvalue weighted by Crippen LogP contribution is 2.28. The van der Waals surface area contributed by atoms with Crippen LogP contribution in [0.25, 0.3) is 0 Å². The Morgan fingerprint density at radius 3 is 2.53 bits per heavy atom. The van der Waals surface area contributed by atoms with Crippen molar-refractivity contribution in [1.82, 2.24) is 10.3 Å². The maximum atomic E-state index is 12.4. The molecule has 0 aliphatic heterocycles. The third kappa shape index (κ3) is 5.36. The molecule has 1 heterocycles. The third-order valence-corrected chi connectivity index (χ3v) is 3.77. The quantitative estimate of drug-likeness (QED) is 0.783. The van der Waals surface area contributed by atoms with Crippen LogP contribution in [-0.4, -0.2) is 31.3 Å². The van der Waals surface area contributed by atoms with E-state index in [1.165, 1.54) is 18.4 Å². The zero-order chi connectivity index (χ0) is 14.5. The van der Waals surface area contributed by atoms with Crippen molar-refractivity contribution < 1.29 is 13.2 Å². The van der Waals surface area contributed by atoms with Crippen LogP contribution < -0.4 is 10.2 Å². The molecular weight excluding hydrogens is 275 g/mol. The van der Waals surface area contributed by atoms with Gasteiger partial charge in [0.05, 0.1) is 5.69 Å². The van der Waals surface area contributed by atoms with Crippen LogP contribution in [0.1, 0.15) is 30.8 Å². The number of aryl methyl sites for hydroxylation is 1. The summed E-state index contributed by atoms with van der Waals surface area (Å²) in [5.41, 5.74) is 0.887. The highest BCUT2D eigenvalue weighted by Gasteiger charge is 2.30. The molecule has 0 saturated carbocycles. The molecule has 19 heavy (non-hydrogen) atoms. The Kier molecular flexibility index (Phi) is 6.06. The SMILES string of the molecule is CCCNCc1sc(N(C)CC(F)(F)F)nc1CC. The number of nitrogens with zero attached hydrogens (tertiary/aromatic N) is 2. The first-order valence-corrected chi connectivity index (χ1v) is 7.16. The average Bonchev–Trinajstić information content (AvgIpc) is 2.70. The monoisotopic (exact) mass is 295 g/mol.